The first kappa shape index (κ1) is 9.52. The Kier molecular flexibility index (Phi) is 2.73. The van der Waals surface area contributed by atoms with Crippen molar-refractivity contribution in [1.82, 2.24) is 0 Å². The lowest BCUT2D eigenvalue weighted by Gasteiger charge is -2.32. The zero-order valence-electron chi connectivity index (χ0n) is 7.55. The fraction of sp³-hybridized carbons (Fsp3) is 0.889. The highest BCUT2D eigenvalue weighted by molar-refractivity contribution is 5.83. The molecule has 1 amide bonds. The minimum atomic E-state index is -1.29. The smallest absolute Gasteiger partial charge is 0.249 e. The lowest BCUT2D eigenvalue weighted by Crippen LogP contribution is -2.47. The number of primary amides is 1. The van der Waals surface area contributed by atoms with E-state index in [-0.39, 0.29) is 5.92 Å². The molecule has 0 aliphatic heterocycles. The predicted octanol–water partition coefficient (Wildman–Crippen LogP) is 0.803. The number of carbonyl (C=O) groups is 1. The van der Waals surface area contributed by atoms with Gasteiger partial charge in [-0.3, -0.25) is 4.79 Å². The predicted molar refractivity (Wildman–Crippen MR) is 46.4 cm³/mol. The van der Waals surface area contributed by atoms with Crippen molar-refractivity contribution in [3.63, 3.8) is 0 Å². The molecule has 12 heavy (non-hydrogen) atoms. The van der Waals surface area contributed by atoms with Crippen LogP contribution in [0.5, 0.6) is 0 Å². The summed E-state index contributed by atoms with van der Waals surface area (Å²) < 4.78 is 0. The number of amides is 1. The van der Waals surface area contributed by atoms with Crippen LogP contribution in [-0.2, 0) is 4.79 Å². The Morgan fingerprint density at radius 3 is 2.33 bits per heavy atom. The Labute approximate surface area is 72.9 Å². The van der Waals surface area contributed by atoms with Gasteiger partial charge in [0.1, 0.15) is 5.60 Å². The van der Waals surface area contributed by atoms with Crippen LogP contribution in [0.1, 0.15) is 39.0 Å². The maximum Gasteiger partial charge on any atom is 0.249 e. The Morgan fingerprint density at radius 2 is 1.92 bits per heavy atom. The summed E-state index contributed by atoms with van der Waals surface area (Å²) in [4.78, 5) is 10.9. The lowest BCUT2D eigenvalue weighted by molar-refractivity contribution is -0.141. The van der Waals surface area contributed by atoms with Gasteiger partial charge in [0.2, 0.25) is 5.91 Å². The number of nitrogens with two attached hydrogens (primary N) is 1. The molecule has 3 heteroatoms. The normalized spacial score (nSPS) is 24.8. The van der Waals surface area contributed by atoms with Gasteiger partial charge in [-0.2, -0.15) is 0 Å². The van der Waals surface area contributed by atoms with E-state index in [2.05, 4.69) is 0 Å². The molecule has 0 radical (unpaired) electrons. The summed E-state index contributed by atoms with van der Waals surface area (Å²) in [6, 6.07) is 0. The second-order valence-electron chi connectivity index (χ2n) is 3.85. The number of aliphatic hydroxyl groups is 1. The minimum absolute atomic E-state index is 0.0729. The molecule has 0 saturated heterocycles. The summed E-state index contributed by atoms with van der Waals surface area (Å²) in [5.41, 5.74) is 3.82. The molecular weight excluding hydrogens is 154 g/mol. The van der Waals surface area contributed by atoms with E-state index in [4.69, 9.17) is 5.73 Å². The van der Waals surface area contributed by atoms with Crippen molar-refractivity contribution in [1.29, 1.82) is 0 Å². The first-order valence-electron chi connectivity index (χ1n) is 4.57. The van der Waals surface area contributed by atoms with E-state index in [1.807, 2.05) is 0 Å². The van der Waals surface area contributed by atoms with E-state index in [1.54, 1.807) is 0 Å². The van der Waals surface area contributed by atoms with Crippen molar-refractivity contribution < 1.29 is 9.90 Å². The van der Waals surface area contributed by atoms with Gasteiger partial charge in [0.25, 0.3) is 0 Å². The standard InChI is InChI=1S/C9H17NO2/c1-9(12,8(10)11)7-5-3-2-4-6-7/h7,12H,2-6H2,1H3,(H2,10,11)/t9-/m0/s1. The third-order valence-corrected chi connectivity index (χ3v) is 2.90. The molecule has 0 aromatic rings. The van der Waals surface area contributed by atoms with Gasteiger partial charge in [0.15, 0.2) is 0 Å². The molecule has 0 aromatic carbocycles. The van der Waals surface area contributed by atoms with Gasteiger partial charge in [-0.05, 0) is 25.7 Å². The topological polar surface area (TPSA) is 63.3 Å². The van der Waals surface area contributed by atoms with Crippen LogP contribution in [0, 0.1) is 5.92 Å². The van der Waals surface area contributed by atoms with Gasteiger partial charge in [0.05, 0.1) is 0 Å². The highest BCUT2D eigenvalue weighted by atomic mass is 16.3. The molecule has 0 spiro atoms. The first-order chi connectivity index (χ1) is 5.55. The SMILES string of the molecule is C[C@@](O)(C(N)=O)C1CCCCC1. The molecular formula is C9H17NO2. The summed E-state index contributed by atoms with van der Waals surface area (Å²) >= 11 is 0. The average Bonchev–Trinajstić information content (AvgIpc) is 2.06. The van der Waals surface area contributed by atoms with E-state index in [9.17, 15) is 9.90 Å². The molecule has 1 aliphatic rings. The van der Waals surface area contributed by atoms with E-state index in [0.29, 0.717) is 0 Å². The zero-order valence-corrected chi connectivity index (χ0v) is 7.55. The highest BCUT2D eigenvalue weighted by Gasteiger charge is 2.37. The van der Waals surface area contributed by atoms with Crippen molar-refractivity contribution in [2.45, 2.75) is 44.6 Å². The van der Waals surface area contributed by atoms with Crippen LogP contribution in [0.25, 0.3) is 0 Å². The first-order valence-corrected chi connectivity index (χ1v) is 4.57. The van der Waals surface area contributed by atoms with Crippen molar-refractivity contribution in [3.05, 3.63) is 0 Å². The highest BCUT2D eigenvalue weighted by Crippen LogP contribution is 2.32. The molecule has 3 N–H and O–H groups in total. The lowest BCUT2D eigenvalue weighted by atomic mass is 9.77. The molecule has 0 aromatic heterocycles. The Morgan fingerprint density at radius 1 is 1.42 bits per heavy atom. The summed E-state index contributed by atoms with van der Waals surface area (Å²) in [6.07, 6.45) is 5.28. The fourth-order valence-corrected chi connectivity index (χ4v) is 1.87. The largest absolute Gasteiger partial charge is 0.380 e. The van der Waals surface area contributed by atoms with E-state index in [0.717, 1.165) is 25.7 Å². The van der Waals surface area contributed by atoms with Crippen LogP contribution in [0.15, 0.2) is 0 Å². The van der Waals surface area contributed by atoms with Gasteiger partial charge >= 0.3 is 0 Å². The maximum atomic E-state index is 10.9. The zero-order chi connectivity index (χ0) is 9.19. The van der Waals surface area contributed by atoms with Crippen LogP contribution in [0.3, 0.4) is 0 Å². The van der Waals surface area contributed by atoms with E-state index in [1.165, 1.54) is 13.3 Å². The molecule has 70 valence electrons. The molecule has 0 bridgehead atoms. The third kappa shape index (κ3) is 1.78. The van der Waals surface area contributed by atoms with Crippen LogP contribution >= 0.6 is 0 Å². The number of rotatable bonds is 2. The maximum absolute atomic E-state index is 10.9. The number of carbonyl (C=O) groups excluding carboxylic acids is 1. The van der Waals surface area contributed by atoms with E-state index < -0.39 is 11.5 Å². The summed E-state index contributed by atoms with van der Waals surface area (Å²) in [5.74, 6) is -0.516. The second kappa shape index (κ2) is 3.44. The van der Waals surface area contributed by atoms with Crippen LogP contribution in [0.4, 0.5) is 0 Å². The third-order valence-electron chi connectivity index (χ3n) is 2.90. The average molecular weight is 171 g/mol. The molecule has 0 heterocycles. The number of hydrogen-bond acceptors (Lipinski definition) is 2. The van der Waals surface area contributed by atoms with Crippen molar-refractivity contribution in [2.75, 3.05) is 0 Å². The van der Waals surface area contributed by atoms with Gasteiger partial charge in [-0.25, -0.2) is 0 Å². The van der Waals surface area contributed by atoms with Gasteiger partial charge in [-0.1, -0.05) is 19.3 Å². The van der Waals surface area contributed by atoms with E-state index >= 15 is 0 Å². The van der Waals surface area contributed by atoms with Crippen LogP contribution < -0.4 is 5.73 Å². The fourth-order valence-electron chi connectivity index (χ4n) is 1.87. The molecule has 1 aliphatic carbocycles. The molecule has 1 atom stereocenters. The van der Waals surface area contributed by atoms with Gasteiger partial charge in [0, 0.05) is 0 Å². The quantitative estimate of drug-likeness (QED) is 0.645. The Bertz CT molecular complexity index is 171. The van der Waals surface area contributed by atoms with Crippen LogP contribution in [0.2, 0.25) is 0 Å². The van der Waals surface area contributed by atoms with Gasteiger partial charge in [-0.15, -0.1) is 0 Å². The molecule has 3 nitrogen and oxygen atoms in total. The second-order valence-corrected chi connectivity index (χ2v) is 3.85. The summed E-state index contributed by atoms with van der Waals surface area (Å²) in [7, 11) is 0. The summed E-state index contributed by atoms with van der Waals surface area (Å²) in [5, 5.41) is 9.74. The summed E-state index contributed by atoms with van der Waals surface area (Å²) in [6.45, 7) is 1.53. The number of hydrogen-bond donors (Lipinski definition) is 2. The van der Waals surface area contributed by atoms with Crippen molar-refractivity contribution in [2.24, 2.45) is 11.7 Å². The van der Waals surface area contributed by atoms with Crippen LogP contribution in [-0.4, -0.2) is 16.6 Å². The molecule has 1 rings (SSSR count). The molecule has 0 unspecified atom stereocenters. The van der Waals surface area contributed by atoms with Crippen molar-refractivity contribution in [3.8, 4) is 0 Å². The molecule has 1 saturated carbocycles. The van der Waals surface area contributed by atoms with Gasteiger partial charge < -0.3 is 10.8 Å². The Hall–Kier alpha value is -0.570. The molecule has 1 fully saturated rings. The monoisotopic (exact) mass is 171 g/mol. The van der Waals surface area contributed by atoms with Crippen molar-refractivity contribution >= 4 is 5.91 Å². The minimum Gasteiger partial charge on any atom is -0.380 e. The Balaban J connectivity index is 2.59.